The Balaban J connectivity index is 2.02. The predicted octanol–water partition coefficient (Wildman–Crippen LogP) is 2.56. The number of aryl methyl sites for hydroxylation is 2. The average Bonchev–Trinajstić information content (AvgIpc) is 2.90. The highest BCUT2D eigenvalue weighted by molar-refractivity contribution is 5.95. The van der Waals surface area contributed by atoms with Crippen LogP contribution in [0.25, 0.3) is 10.9 Å². The molecule has 0 bridgehead atoms. The summed E-state index contributed by atoms with van der Waals surface area (Å²) in [4.78, 5) is 3.44. The maximum atomic E-state index is 3.66. The molecule has 17 heavy (non-hydrogen) atoms. The van der Waals surface area contributed by atoms with Crippen molar-refractivity contribution in [1.29, 1.82) is 0 Å². The van der Waals surface area contributed by atoms with Gasteiger partial charge >= 0.3 is 0 Å². The van der Waals surface area contributed by atoms with Crippen LogP contribution in [-0.2, 0) is 0 Å². The van der Waals surface area contributed by atoms with Crippen LogP contribution in [-0.4, -0.2) is 24.1 Å². The standard InChI is InChI=1S/C14H19N3/c1-9-10(2)16-12-4-3-5-13(14(9)12)17-11-6-7-15-8-11/h3-5,11,15-17H,6-8H2,1-2H3/t11-/m1/s1. The fourth-order valence-electron chi connectivity index (χ4n) is 2.66. The highest BCUT2D eigenvalue weighted by Crippen LogP contribution is 2.29. The van der Waals surface area contributed by atoms with Crippen molar-refractivity contribution in [3.63, 3.8) is 0 Å². The van der Waals surface area contributed by atoms with Gasteiger partial charge in [0.2, 0.25) is 0 Å². The van der Waals surface area contributed by atoms with Crippen LogP contribution in [0.4, 0.5) is 5.69 Å². The van der Waals surface area contributed by atoms with Gasteiger partial charge in [0, 0.05) is 34.9 Å². The van der Waals surface area contributed by atoms with Crippen LogP contribution in [0.3, 0.4) is 0 Å². The van der Waals surface area contributed by atoms with Crippen LogP contribution in [0.15, 0.2) is 18.2 Å². The molecule has 1 atom stereocenters. The van der Waals surface area contributed by atoms with Crippen LogP contribution < -0.4 is 10.6 Å². The third-order valence-electron chi connectivity index (χ3n) is 3.74. The van der Waals surface area contributed by atoms with Crippen molar-refractivity contribution in [2.24, 2.45) is 0 Å². The molecule has 1 aromatic carbocycles. The largest absolute Gasteiger partial charge is 0.380 e. The third-order valence-corrected chi connectivity index (χ3v) is 3.74. The quantitative estimate of drug-likeness (QED) is 0.740. The molecule has 1 fully saturated rings. The topological polar surface area (TPSA) is 39.9 Å². The van der Waals surface area contributed by atoms with Gasteiger partial charge in [0.25, 0.3) is 0 Å². The van der Waals surface area contributed by atoms with E-state index in [2.05, 4.69) is 47.7 Å². The van der Waals surface area contributed by atoms with Crippen LogP contribution >= 0.6 is 0 Å². The van der Waals surface area contributed by atoms with E-state index < -0.39 is 0 Å². The van der Waals surface area contributed by atoms with Gasteiger partial charge in [-0.2, -0.15) is 0 Å². The van der Waals surface area contributed by atoms with Crippen molar-refractivity contribution in [3.8, 4) is 0 Å². The second-order valence-electron chi connectivity index (χ2n) is 4.94. The van der Waals surface area contributed by atoms with E-state index in [0.29, 0.717) is 6.04 Å². The van der Waals surface area contributed by atoms with E-state index in [9.17, 15) is 0 Å². The van der Waals surface area contributed by atoms with E-state index in [-0.39, 0.29) is 0 Å². The van der Waals surface area contributed by atoms with Gasteiger partial charge in [-0.05, 0) is 44.5 Å². The van der Waals surface area contributed by atoms with Crippen LogP contribution in [0.1, 0.15) is 17.7 Å². The summed E-state index contributed by atoms with van der Waals surface area (Å²) in [5, 5.41) is 8.39. The lowest BCUT2D eigenvalue weighted by Gasteiger charge is -2.14. The number of nitrogens with one attached hydrogen (secondary N) is 3. The maximum Gasteiger partial charge on any atom is 0.0479 e. The van der Waals surface area contributed by atoms with Gasteiger partial charge in [-0.25, -0.2) is 0 Å². The minimum atomic E-state index is 0.565. The SMILES string of the molecule is Cc1[nH]c2cccc(N[C@@H]3CCNC3)c2c1C. The second kappa shape index (κ2) is 4.08. The van der Waals surface area contributed by atoms with Crippen molar-refractivity contribution < 1.29 is 0 Å². The Labute approximate surface area is 102 Å². The number of hydrogen-bond acceptors (Lipinski definition) is 2. The molecule has 90 valence electrons. The minimum Gasteiger partial charge on any atom is -0.380 e. The second-order valence-corrected chi connectivity index (χ2v) is 4.94. The number of fused-ring (bicyclic) bond motifs is 1. The summed E-state index contributed by atoms with van der Waals surface area (Å²) in [6.07, 6.45) is 1.21. The maximum absolute atomic E-state index is 3.66. The summed E-state index contributed by atoms with van der Waals surface area (Å²) in [6.45, 7) is 6.51. The molecule has 0 aliphatic carbocycles. The molecular formula is C14H19N3. The summed E-state index contributed by atoms with van der Waals surface area (Å²) in [7, 11) is 0. The molecule has 3 heteroatoms. The zero-order chi connectivity index (χ0) is 11.8. The van der Waals surface area contributed by atoms with E-state index in [0.717, 1.165) is 13.1 Å². The van der Waals surface area contributed by atoms with Crippen LogP contribution in [0, 0.1) is 13.8 Å². The predicted molar refractivity (Wildman–Crippen MR) is 72.7 cm³/mol. The van der Waals surface area contributed by atoms with E-state index in [1.807, 2.05) is 0 Å². The number of hydrogen-bond donors (Lipinski definition) is 3. The Morgan fingerprint density at radius 3 is 2.94 bits per heavy atom. The molecule has 1 aromatic heterocycles. The van der Waals surface area contributed by atoms with Gasteiger partial charge < -0.3 is 15.6 Å². The summed E-state index contributed by atoms with van der Waals surface area (Å²) < 4.78 is 0. The van der Waals surface area contributed by atoms with Gasteiger partial charge in [-0.15, -0.1) is 0 Å². The molecule has 0 spiro atoms. The number of anilines is 1. The fraction of sp³-hybridized carbons (Fsp3) is 0.429. The molecule has 0 radical (unpaired) electrons. The monoisotopic (exact) mass is 229 g/mol. The van der Waals surface area contributed by atoms with E-state index in [4.69, 9.17) is 0 Å². The molecule has 2 heterocycles. The third kappa shape index (κ3) is 1.80. The lowest BCUT2D eigenvalue weighted by atomic mass is 10.1. The molecule has 1 aliphatic heterocycles. The Morgan fingerprint density at radius 1 is 1.29 bits per heavy atom. The summed E-state index contributed by atoms with van der Waals surface area (Å²) in [6, 6.07) is 7.01. The van der Waals surface area contributed by atoms with Gasteiger partial charge in [0.05, 0.1) is 0 Å². The molecule has 3 rings (SSSR count). The fourth-order valence-corrected chi connectivity index (χ4v) is 2.66. The molecular weight excluding hydrogens is 210 g/mol. The first kappa shape index (κ1) is 10.7. The normalized spacial score (nSPS) is 20.0. The number of rotatable bonds is 2. The van der Waals surface area contributed by atoms with Gasteiger partial charge in [-0.1, -0.05) is 6.07 Å². The van der Waals surface area contributed by atoms with Crippen molar-refractivity contribution in [1.82, 2.24) is 10.3 Å². The van der Waals surface area contributed by atoms with Crippen molar-refractivity contribution in [3.05, 3.63) is 29.5 Å². The first-order chi connectivity index (χ1) is 8.25. The first-order valence-electron chi connectivity index (χ1n) is 6.31. The summed E-state index contributed by atoms with van der Waals surface area (Å²) in [5.41, 5.74) is 5.11. The van der Waals surface area contributed by atoms with E-state index in [1.165, 1.54) is 34.3 Å². The van der Waals surface area contributed by atoms with Gasteiger partial charge in [0.15, 0.2) is 0 Å². The van der Waals surface area contributed by atoms with Gasteiger partial charge in [0.1, 0.15) is 0 Å². The molecule has 1 saturated heterocycles. The molecule has 1 aliphatic rings. The van der Waals surface area contributed by atoms with Crippen LogP contribution in [0.5, 0.6) is 0 Å². The summed E-state index contributed by atoms with van der Waals surface area (Å²) in [5.74, 6) is 0. The number of H-pyrrole nitrogens is 1. The number of aromatic amines is 1. The zero-order valence-corrected chi connectivity index (χ0v) is 10.4. The molecule has 0 unspecified atom stereocenters. The smallest absolute Gasteiger partial charge is 0.0479 e. The average molecular weight is 229 g/mol. The Morgan fingerprint density at radius 2 is 2.18 bits per heavy atom. The van der Waals surface area contributed by atoms with Crippen molar-refractivity contribution in [2.75, 3.05) is 18.4 Å². The molecule has 3 nitrogen and oxygen atoms in total. The Kier molecular flexibility index (Phi) is 2.56. The number of aromatic nitrogens is 1. The molecule has 2 aromatic rings. The number of benzene rings is 1. The lowest BCUT2D eigenvalue weighted by molar-refractivity contribution is 0.794. The van der Waals surface area contributed by atoms with Gasteiger partial charge in [-0.3, -0.25) is 0 Å². The van der Waals surface area contributed by atoms with E-state index in [1.54, 1.807) is 0 Å². The lowest BCUT2D eigenvalue weighted by Crippen LogP contribution is -2.22. The zero-order valence-electron chi connectivity index (χ0n) is 10.4. The van der Waals surface area contributed by atoms with Crippen LogP contribution in [0.2, 0.25) is 0 Å². The minimum absolute atomic E-state index is 0.565. The highest BCUT2D eigenvalue weighted by Gasteiger charge is 2.16. The molecule has 0 saturated carbocycles. The Hall–Kier alpha value is -1.48. The molecule has 0 amide bonds. The summed E-state index contributed by atoms with van der Waals surface area (Å²) >= 11 is 0. The highest BCUT2D eigenvalue weighted by atomic mass is 15.0. The van der Waals surface area contributed by atoms with E-state index >= 15 is 0 Å². The Bertz CT molecular complexity index is 536. The van der Waals surface area contributed by atoms with Crippen molar-refractivity contribution >= 4 is 16.6 Å². The molecule has 3 N–H and O–H groups in total. The van der Waals surface area contributed by atoms with Crippen molar-refractivity contribution in [2.45, 2.75) is 26.3 Å². The first-order valence-corrected chi connectivity index (χ1v) is 6.31.